The monoisotopic (exact) mass is 337 g/mol. The van der Waals surface area contributed by atoms with Crippen LogP contribution in [0.4, 0.5) is 8.78 Å². The molecule has 1 aliphatic carbocycles. The molecular formula is C17H21F2N3O2. The maximum absolute atomic E-state index is 13.5. The van der Waals surface area contributed by atoms with Crippen LogP contribution in [0.25, 0.3) is 0 Å². The molecule has 5 nitrogen and oxygen atoms in total. The van der Waals surface area contributed by atoms with E-state index in [0.717, 1.165) is 44.5 Å². The molecule has 1 saturated carbocycles. The van der Waals surface area contributed by atoms with Crippen molar-refractivity contribution in [2.24, 2.45) is 11.3 Å². The first-order valence-electron chi connectivity index (χ1n) is 8.24. The van der Waals surface area contributed by atoms with Gasteiger partial charge < -0.3 is 16.0 Å². The minimum absolute atomic E-state index is 0.00298. The predicted octanol–water partition coefficient (Wildman–Crippen LogP) is 1.20. The molecule has 1 atom stereocenters. The van der Waals surface area contributed by atoms with Crippen LogP contribution in [-0.4, -0.2) is 38.0 Å². The quantitative estimate of drug-likeness (QED) is 0.707. The van der Waals surface area contributed by atoms with E-state index in [9.17, 15) is 18.4 Å². The highest BCUT2D eigenvalue weighted by Gasteiger charge is 2.57. The van der Waals surface area contributed by atoms with Gasteiger partial charge >= 0.3 is 0 Å². The van der Waals surface area contributed by atoms with Crippen molar-refractivity contribution in [1.82, 2.24) is 16.0 Å². The Morgan fingerprint density at radius 3 is 2.42 bits per heavy atom. The zero-order valence-electron chi connectivity index (χ0n) is 13.3. The molecule has 2 aliphatic rings. The first kappa shape index (κ1) is 16.8. The minimum Gasteiger partial charge on any atom is -0.354 e. The molecule has 2 amide bonds. The fourth-order valence-electron chi connectivity index (χ4n) is 3.48. The van der Waals surface area contributed by atoms with Crippen molar-refractivity contribution in [1.29, 1.82) is 0 Å². The van der Waals surface area contributed by atoms with E-state index >= 15 is 0 Å². The Bertz CT molecular complexity index is 624. The second kappa shape index (κ2) is 6.84. The van der Waals surface area contributed by atoms with Gasteiger partial charge in [0.2, 0.25) is 5.91 Å². The van der Waals surface area contributed by atoms with Crippen molar-refractivity contribution in [3.05, 3.63) is 35.4 Å². The Hall–Kier alpha value is -2.02. The topological polar surface area (TPSA) is 70.2 Å². The van der Waals surface area contributed by atoms with Gasteiger partial charge in [0.15, 0.2) is 0 Å². The summed E-state index contributed by atoms with van der Waals surface area (Å²) in [5.41, 5.74) is -0.436. The van der Waals surface area contributed by atoms with Gasteiger partial charge in [-0.1, -0.05) is 6.07 Å². The highest BCUT2D eigenvalue weighted by atomic mass is 19.1. The summed E-state index contributed by atoms with van der Waals surface area (Å²) >= 11 is 0. The minimum atomic E-state index is -0.901. The van der Waals surface area contributed by atoms with Crippen LogP contribution in [0.2, 0.25) is 0 Å². The second-order valence-corrected chi connectivity index (χ2v) is 6.51. The van der Waals surface area contributed by atoms with Crippen molar-refractivity contribution in [2.45, 2.75) is 19.3 Å². The molecule has 0 bridgehead atoms. The molecule has 1 aliphatic heterocycles. The number of rotatable bonds is 5. The molecule has 130 valence electrons. The lowest BCUT2D eigenvalue weighted by Crippen LogP contribution is -2.38. The molecule has 1 unspecified atom stereocenters. The number of piperidine rings is 1. The van der Waals surface area contributed by atoms with E-state index < -0.39 is 23.1 Å². The summed E-state index contributed by atoms with van der Waals surface area (Å²) in [4.78, 5) is 23.9. The van der Waals surface area contributed by atoms with Crippen LogP contribution in [0.1, 0.15) is 29.6 Å². The van der Waals surface area contributed by atoms with E-state index in [0.29, 0.717) is 0 Å². The third kappa shape index (κ3) is 3.40. The molecule has 7 heteroatoms. The fourth-order valence-corrected chi connectivity index (χ4v) is 3.48. The van der Waals surface area contributed by atoms with Gasteiger partial charge in [-0.25, -0.2) is 8.78 Å². The first-order valence-corrected chi connectivity index (χ1v) is 8.24. The zero-order valence-corrected chi connectivity index (χ0v) is 13.3. The van der Waals surface area contributed by atoms with Gasteiger partial charge in [0, 0.05) is 19.0 Å². The van der Waals surface area contributed by atoms with E-state index in [2.05, 4.69) is 16.0 Å². The third-order valence-corrected chi connectivity index (χ3v) is 5.01. The number of halogens is 2. The lowest BCUT2D eigenvalue weighted by molar-refractivity contribution is -0.123. The van der Waals surface area contributed by atoms with Gasteiger partial charge in [-0.2, -0.15) is 0 Å². The predicted molar refractivity (Wildman–Crippen MR) is 84.3 cm³/mol. The summed E-state index contributed by atoms with van der Waals surface area (Å²) in [5, 5.41) is 8.50. The molecule has 1 heterocycles. The Kier molecular flexibility index (Phi) is 4.80. The van der Waals surface area contributed by atoms with Crippen LogP contribution in [0, 0.1) is 23.0 Å². The van der Waals surface area contributed by atoms with Crippen molar-refractivity contribution < 1.29 is 18.4 Å². The van der Waals surface area contributed by atoms with Crippen molar-refractivity contribution >= 4 is 11.8 Å². The lowest BCUT2D eigenvalue weighted by Gasteiger charge is -2.23. The Labute approximate surface area is 139 Å². The molecule has 0 aromatic heterocycles. The summed E-state index contributed by atoms with van der Waals surface area (Å²) < 4.78 is 27.0. The van der Waals surface area contributed by atoms with Gasteiger partial charge in [-0.3, -0.25) is 9.59 Å². The summed E-state index contributed by atoms with van der Waals surface area (Å²) in [7, 11) is 0. The van der Waals surface area contributed by atoms with Crippen LogP contribution >= 0.6 is 0 Å². The summed E-state index contributed by atoms with van der Waals surface area (Å²) in [6.45, 7) is 2.27. The fraction of sp³-hybridized carbons (Fsp3) is 0.529. The maximum Gasteiger partial charge on any atom is 0.257 e. The van der Waals surface area contributed by atoms with Gasteiger partial charge in [0.25, 0.3) is 5.91 Å². The Balaban J connectivity index is 1.41. The average molecular weight is 337 g/mol. The summed E-state index contributed by atoms with van der Waals surface area (Å²) in [6.07, 6.45) is 2.97. The van der Waals surface area contributed by atoms with Crippen LogP contribution in [0.15, 0.2) is 18.2 Å². The standard InChI is InChI=1S/C17H21F2N3O2/c18-12-2-1-3-13(19)14(12)16(24)22-9-8-21-15(23)11-10-17(11)4-6-20-7-5-17/h1-3,11,20H,4-10H2,(H,21,23)(H,22,24). The third-order valence-electron chi connectivity index (χ3n) is 5.01. The average Bonchev–Trinajstić information content (AvgIpc) is 3.25. The number of hydrogen-bond acceptors (Lipinski definition) is 3. The highest BCUT2D eigenvalue weighted by molar-refractivity contribution is 5.94. The van der Waals surface area contributed by atoms with Gasteiger partial charge in [-0.05, 0) is 49.9 Å². The largest absolute Gasteiger partial charge is 0.354 e. The second-order valence-electron chi connectivity index (χ2n) is 6.51. The first-order chi connectivity index (χ1) is 11.5. The molecule has 1 spiro atoms. The van der Waals surface area contributed by atoms with Crippen LogP contribution in [0.5, 0.6) is 0 Å². The number of benzene rings is 1. The SMILES string of the molecule is O=C(NCCNC(=O)C1CC12CCNCC2)c1c(F)cccc1F. The number of carbonyl (C=O) groups excluding carboxylic acids is 2. The smallest absolute Gasteiger partial charge is 0.257 e. The molecular weight excluding hydrogens is 316 g/mol. The molecule has 24 heavy (non-hydrogen) atoms. The number of carbonyl (C=O) groups is 2. The van der Waals surface area contributed by atoms with Crippen LogP contribution < -0.4 is 16.0 Å². The highest BCUT2D eigenvalue weighted by Crippen LogP contribution is 2.58. The van der Waals surface area contributed by atoms with E-state index in [-0.39, 0.29) is 30.3 Å². The zero-order chi connectivity index (χ0) is 17.2. The number of amides is 2. The maximum atomic E-state index is 13.5. The van der Waals surface area contributed by atoms with Crippen molar-refractivity contribution in [3.63, 3.8) is 0 Å². The summed E-state index contributed by atoms with van der Waals surface area (Å²) in [6, 6.07) is 3.27. The van der Waals surface area contributed by atoms with E-state index in [4.69, 9.17) is 0 Å². The van der Waals surface area contributed by atoms with Gasteiger partial charge in [-0.15, -0.1) is 0 Å². The molecule has 3 rings (SSSR count). The van der Waals surface area contributed by atoms with Gasteiger partial charge in [0.05, 0.1) is 0 Å². The molecule has 3 N–H and O–H groups in total. The molecule has 2 fully saturated rings. The molecule has 1 aromatic rings. The van der Waals surface area contributed by atoms with Gasteiger partial charge in [0.1, 0.15) is 17.2 Å². The molecule has 1 aromatic carbocycles. The normalized spacial score (nSPS) is 21.3. The molecule has 1 saturated heterocycles. The van der Waals surface area contributed by atoms with Crippen molar-refractivity contribution in [2.75, 3.05) is 26.2 Å². The van der Waals surface area contributed by atoms with E-state index in [1.54, 1.807) is 0 Å². The molecule has 0 radical (unpaired) electrons. The van der Waals surface area contributed by atoms with Crippen LogP contribution in [0.3, 0.4) is 0 Å². The lowest BCUT2D eigenvalue weighted by atomic mass is 9.92. The Morgan fingerprint density at radius 2 is 1.75 bits per heavy atom. The van der Waals surface area contributed by atoms with Crippen molar-refractivity contribution in [3.8, 4) is 0 Å². The summed E-state index contributed by atoms with van der Waals surface area (Å²) in [5.74, 6) is -2.56. The van der Waals surface area contributed by atoms with E-state index in [1.807, 2.05) is 0 Å². The van der Waals surface area contributed by atoms with Crippen LogP contribution in [-0.2, 0) is 4.79 Å². The number of hydrogen-bond donors (Lipinski definition) is 3. The van der Waals surface area contributed by atoms with E-state index in [1.165, 1.54) is 6.07 Å². The Morgan fingerprint density at radius 1 is 1.12 bits per heavy atom. The number of nitrogens with one attached hydrogen (secondary N) is 3.